The number of hydrogen-bond acceptors (Lipinski definition) is 3. The predicted octanol–water partition coefficient (Wildman–Crippen LogP) is 3.15. The van der Waals surface area contributed by atoms with E-state index < -0.39 is 16.1 Å². The van der Waals surface area contributed by atoms with Crippen molar-refractivity contribution in [2.24, 2.45) is 0 Å². The summed E-state index contributed by atoms with van der Waals surface area (Å²) in [5.41, 5.74) is 0.919. The zero-order valence-corrected chi connectivity index (χ0v) is 16.2. The van der Waals surface area contributed by atoms with E-state index in [0.29, 0.717) is 29.2 Å². The molecule has 0 saturated heterocycles. The smallest absolute Gasteiger partial charge is 0.243 e. The van der Waals surface area contributed by atoms with Crippen LogP contribution in [0.2, 0.25) is 10.0 Å². The molecule has 0 aromatic heterocycles. The van der Waals surface area contributed by atoms with Crippen molar-refractivity contribution >= 4 is 39.1 Å². The molecule has 130 valence electrons. The van der Waals surface area contributed by atoms with E-state index in [0.717, 1.165) is 0 Å². The molecule has 0 spiro atoms. The van der Waals surface area contributed by atoms with Gasteiger partial charge in [-0.05, 0) is 51.8 Å². The number of carbonyl (C=O) groups is 1. The molecule has 1 aromatic rings. The lowest BCUT2D eigenvalue weighted by atomic mass is 10.2. The van der Waals surface area contributed by atoms with Gasteiger partial charge in [-0.3, -0.25) is 4.79 Å². The summed E-state index contributed by atoms with van der Waals surface area (Å²) >= 11 is 12.2. The topological polar surface area (TPSA) is 66.5 Å². The molecule has 0 fully saturated rings. The first-order chi connectivity index (χ1) is 10.6. The van der Waals surface area contributed by atoms with E-state index >= 15 is 0 Å². The molecule has 1 rings (SSSR count). The summed E-state index contributed by atoms with van der Waals surface area (Å²) in [7, 11) is -3.97. The minimum atomic E-state index is -3.97. The van der Waals surface area contributed by atoms with E-state index in [1.165, 1.54) is 6.92 Å². The molecule has 1 atom stereocenters. The lowest BCUT2D eigenvalue weighted by molar-refractivity contribution is -0.132. The number of halogens is 2. The molecule has 1 aromatic carbocycles. The van der Waals surface area contributed by atoms with Crippen molar-refractivity contribution < 1.29 is 13.2 Å². The van der Waals surface area contributed by atoms with Gasteiger partial charge in [0.1, 0.15) is 4.90 Å². The predicted molar refractivity (Wildman–Crippen MR) is 93.6 cm³/mol. The van der Waals surface area contributed by atoms with Gasteiger partial charge in [-0.1, -0.05) is 23.2 Å². The summed E-state index contributed by atoms with van der Waals surface area (Å²) in [5, 5.41) is 0.428. The largest absolute Gasteiger partial charge is 0.342 e. The van der Waals surface area contributed by atoms with Crippen LogP contribution in [0.25, 0.3) is 0 Å². The van der Waals surface area contributed by atoms with Gasteiger partial charge in [-0.25, -0.2) is 8.42 Å². The van der Waals surface area contributed by atoms with Crippen LogP contribution in [0, 0.1) is 13.8 Å². The van der Waals surface area contributed by atoms with Crippen molar-refractivity contribution in [2.75, 3.05) is 13.1 Å². The molecule has 0 radical (unpaired) electrons. The van der Waals surface area contributed by atoms with Gasteiger partial charge in [0.15, 0.2) is 0 Å². The highest BCUT2D eigenvalue weighted by Crippen LogP contribution is 2.33. The maximum atomic E-state index is 12.7. The Bertz CT molecular complexity index is 675. The SMILES string of the molecule is CCN(CC)C(=O)C(C)NS(=O)(=O)c1c(C)c(Cl)cc(C)c1Cl. The molecular formula is C15H22Cl2N2O3S. The standard InChI is InChI=1S/C15H22Cl2N2O3S/c1-6-19(7-2)15(20)11(5)18-23(21,22)14-10(4)12(16)8-9(3)13(14)17/h8,11,18H,6-7H2,1-5H3. The van der Waals surface area contributed by atoms with Gasteiger partial charge >= 0.3 is 0 Å². The number of carbonyl (C=O) groups excluding carboxylic acids is 1. The summed E-state index contributed by atoms with van der Waals surface area (Å²) < 4.78 is 27.7. The highest BCUT2D eigenvalue weighted by atomic mass is 35.5. The lowest BCUT2D eigenvalue weighted by Gasteiger charge is -2.24. The Morgan fingerprint density at radius 2 is 1.78 bits per heavy atom. The second kappa shape index (κ2) is 7.83. The van der Waals surface area contributed by atoms with Crippen molar-refractivity contribution in [3.05, 3.63) is 27.2 Å². The van der Waals surface area contributed by atoms with E-state index in [9.17, 15) is 13.2 Å². The molecule has 23 heavy (non-hydrogen) atoms. The highest BCUT2D eigenvalue weighted by molar-refractivity contribution is 7.89. The third-order valence-electron chi connectivity index (χ3n) is 3.63. The third-order valence-corrected chi connectivity index (χ3v) is 6.34. The Morgan fingerprint density at radius 3 is 2.26 bits per heavy atom. The molecule has 1 amide bonds. The van der Waals surface area contributed by atoms with Crippen molar-refractivity contribution in [3.63, 3.8) is 0 Å². The molecule has 0 aliphatic carbocycles. The number of rotatable bonds is 6. The summed E-state index contributed by atoms with van der Waals surface area (Å²) in [6, 6.07) is 0.720. The number of benzene rings is 1. The fourth-order valence-corrected chi connectivity index (χ4v) is 4.69. The molecule has 8 heteroatoms. The number of likely N-dealkylation sites (N-methyl/N-ethyl adjacent to an activating group) is 1. The summed E-state index contributed by atoms with van der Waals surface area (Å²) in [6.45, 7) is 9.47. The number of aryl methyl sites for hydroxylation is 1. The van der Waals surface area contributed by atoms with Crippen molar-refractivity contribution in [2.45, 2.75) is 45.6 Å². The lowest BCUT2D eigenvalue weighted by Crippen LogP contribution is -2.46. The third kappa shape index (κ3) is 4.38. The molecule has 0 aliphatic rings. The average molecular weight is 381 g/mol. The van der Waals surface area contributed by atoms with Crippen molar-refractivity contribution in [3.8, 4) is 0 Å². The van der Waals surface area contributed by atoms with Crippen LogP contribution in [-0.2, 0) is 14.8 Å². The van der Waals surface area contributed by atoms with Gasteiger partial charge in [-0.15, -0.1) is 0 Å². The molecule has 0 heterocycles. The number of nitrogens with zero attached hydrogens (tertiary/aromatic N) is 1. The Morgan fingerprint density at radius 1 is 1.26 bits per heavy atom. The quantitative estimate of drug-likeness (QED) is 0.823. The van der Waals surface area contributed by atoms with E-state index in [1.54, 1.807) is 24.8 Å². The average Bonchev–Trinajstić information content (AvgIpc) is 2.45. The highest BCUT2D eigenvalue weighted by Gasteiger charge is 2.29. The Labute approximate surface area is 148 Å². The molecule has 1 N–H and O–H groups in total. The zero-order chi connectivity index (χ0) is 17.9. The minimum Gasteiger partial charge on any atom is -0.342 e. The van der Waals surface area contributed by atoms with Crippen LogP contribution in [0.4, 0.5) is 0 Å². The van der Waals surface area contributed by atoms with Gasteiger partial charge in [0.2, 0.25) is 15.9 Å². The van der Waals surface area contributed by atoms with Gasteiger partial charge in [0, 0.05) is 18.1 Å². The monoisotopic (exact) mass is 380 g/mol. The molecule has 0 aliphatic heterocycles. The van der Waals surface area contributed by atoms with Crippen LogP contribution < -0.4 is 4.72 Å². The number of sulfonamides is 1. The van der Waals surface area contributed by atoms with Crippen LogP contribution in [0.3, 0.4) is 0 Å². The number of nitrogens with one attached hydrogen (secondary N) is 1. The van der Waals surface area contributed by atoms with Gasteiger partial charge in [-0.2, -0.15) is 4.72 Å². The fraction of sp³-hybridized carbons (Fsp3) is 0.533. The second-order valence-corrected chi connectivity index (χ2v) is 7.73. The Hall–Kier alpha value is -0.820. The zero-order valence-electron chi connectivity index (χ0n) is 13.9. The molecule has 5 nitrogen and oxygen atoms in total. The fourth-order valence-electron chi connectivity index (χ4n) is 2.28. The normalized spacial score (nSPS) is 13.0. The molecule has 0 saturated carbocycles. The van der Waals surface area contributed by atoms with Crippen molar-refractivity contribution in [1.82, 2.24) is 9.62 Å². The minimum absolute atomic E-state index is 0.0802. The van der Waals surface area contributed by atoms with Gasteiger partial charge in [0.25, 0.3) is 0 Å². The number of amides is 1. The first kappa shape index (κ1) is 20.2. The first-order valence-electron chi connectivity index (χ1n) is 7.33. The maximum absolute atomic E-state index is 12.7. The Kier molecular flexibility index (Phi) is 6.89. The molecular weight excluding hydrogens is 359 g/mol. The van der Waals surface area contributed by atoms with E-state index in [-0.39, 0.29) is 15.8 Å². The van der Waals surface area contributed by atoms with Crippen LogP contribution in [0.5, 0.6) is 0 Å². The van der Waals surface area contributed by atoms with Crippen molar-refractivity contribution in [1.29, 1.82) is 0 Å². The van der Waals surface area contributed by atoms with Crippen LogP contribution >= 0.6 is 23.2 Å². The molecule has 1 unspecified atom stereocenters. The first-order valence-corrected chi connectivity index (χ1v) is 9.57. The van der Waals surface area contributed by atoms with Crippen LogP contribution in [-0.4, -0.2) is 38.4 Å². The Balaban J connectivity index is 3.22. The van der Waals surface area contributed by atoms with Crippen LogP contribution in [0.1, 0.15) is 31.9 Å². The molecule has 0 bridgehead atoms. The number of hydrogen-bond donors (Lipinski definition) is 1. The van der Waals surface area contributed by atoms with Gasteiger partial charge in [0.05, 0.1) is 11.1 Å². The summed E-state index contributed by atoms with van der Waals surface area (Å²) in [5.74, 6) is -0.286. The van der Waals surface area contributed by atoms with E-state index in [4.69, 9.17) is 23.2 Å². The second-order valence-electron chi connectivity index (χ2n) is 5.30. The summed E-state index contributed by atoms with van der Waals surface area (Å²) in [6.07, 6.45) is 0. The van der Waals surface area contributed by atoms with Crippen LogP contribution in [0.15, 0.2) is 11.0 Å². The van der Waals surface area contributed by atoms with E-state index in [1.807, 2.05) is 13.8 Å². The maximum Gasteiger partial charge on any atom is 0.243 e. The summed E-state index contributed by atoms with van der Waals surface area (Å²) in [4.78, 5) is 13.7. The van der Waals surface area contributed by atoms with Gasteiger partial charge < -0.3 is 4.90 Å². The van der Waals surface area contributed by atoms with E-state index in [2.05, 4.69) is 4.72 Å².